The molecule has 4 saturated heterocycles. The van der Waals surface area contributed by atoms with Crippen molar-refractivity contribution in [2.45, 2.75) is 90.1 Å². The monoisotopic (exact) mass is 622 g/mol. The zero-order valence-electron chi connectivity index (χ0n) is 26.6. The Labute approximate surface area is 263 Å². The summed E-state index contributed by atoms with van der Waals surface area (Å²) < 4.78 is 0. The van der Waals surface area contributed by atoms with Crippen molar-refractivity contribution in [3.05, 3.63) is 0 Å². The molecular weight excluding hydrogens is 568 g/mol. The van der Waals surface area contributed by atoms with E-state index in [1.807, 2.05) is 11.8 Å². The maximum absolute atomic E-state index is 12.5. The lowest BCUT2D eigenvalue weighted by Crippen LogP contribution is -2.56. The second-order valence-corrected chi connectivity index (χ2v) is 13.4. The molecule has 2 saturated carbocycles. The Hall–Kier alpha value is -1.75. The van der Waals surface area contributed by atoms with Gasteiger partial charge in [0.1, 0.15) is 0 Å². The van der Waals surface area contributed by atoms with Gasteiger partial charge in [-0.15, -0.1) is 0 Å². The van der Waals surface area contributed by atoms with E-state index in [0.717, 1.165) is 83.8 Å². The minimum absolute atomic E-state index is 0.0516. The molecule has 0 unspecified atom stereocenters. The molecule has 10 nitrogen and oxygen atoms in total. The van der Waals surface area contributed by atoms with Crippen LogP contribution in [-0.2, 0) is 19.2 Å². The van der Waals surface area contributed by atoms with Gasteiger partial charge < -0.3 is 20.0 Å². The summed E-state index contributed by atoms with van der Waals surface area (Å²) in [4.78, 5) is 56.9. The number of halogens is 1. The summed E-state index contributed by atoms with van der Waals surface area (Å²) in [6, 6.07) is 1.61. The first-order valence-corrected chi connectivity index (χ1v) is 17.4. The number of rotatable bonds is 6. The van der Waals surface area contributed by atoms with Gasteiger partial charge in [0.2, 0.25) is 23.0 Å². The van der Waals surface area contributed by atoms with Crippen molar-refractivity contribution in [3.63, 3.8) is 0 Å². The maximum atomic E-state index is 12.5. The van der Waals surface area contributed by atoms with Gasteiger partial charge in [0.15, 0.2) is 0 Å². The Morgan fingerprint density at radius 3 is 1.42 bits per heavy atom. The van der Waals surface area contributed by atoms with E-state index in [4.69, 9.17) is 11.6 Å². The highest BCUT2D eigenvalue weighted by molar-refractivity contribution is 6.63. The third-order valence-corrected chi connectivity index (χ3v) is 10.4. The number of nitrogens with zero attached hydrogens (tertiary/aromatic N) is 5. The summed E-state index contributed by atoms with van der Waals surface area (Å²) in [6.07, 6.45) is 11.4. The molecule has 6 rings (SSSR count). The van der Waals surface area contributed by atoms with E-state index < -0.39 is 0 Å². The maximum Gasteiger partial charge on any atom is 0.229 e. The Morgan fingerprint density at radius 2 is 1.07 bits per heavy atom. The summed E-state index contributed by atoms with van der Waals surface area (Å²) in [6.45, 7) is 14.8. The van der Waals surface area contributed by atoms with Crippen LogP contribution >= 0.6 is 11.6 Å². The van der Waals surface area contributed by atoms with Gasteiger partial charge in [-0.2, -0.15) is 0 Å². The van der Waals surface area contributed by atoms with Crippen LogP contribution in [0.3, 0.4) is 0 Å². The van der Waals surface area contributed by atoms with E-state index in [1.54, 1.807) is 11.8 Å². The molecule has 0 radical (unpaired) electrons. The Kier molecular flexibility index (Phi) is 13.6. The van der Waals surface area contributed by atoms with Crippen molar-refractivity contribution in [1.82, 2.24) is 29.8 Å². The Morgan fingerprint density at radius 1 is 0.605 bits per heavy atom. The van der Waals surface area contributed by atoms with Gasteiger partial charge in [-0.1, -0.05) is 26.7 Å². The highest BCUT2D eigenvalue weighted by Crippen LogP contribution is 2.27. The lowest BCUT2D eigenvalue weighted by molar-refractivity contribution is -0.148. The Bertz CT molecular complexity index is 935. The summed E-state index contributed by atoms with van der Waals surface area (Å²) in [5.41, 5.74) is 0. The molecular formula is C32H55ClN6O4. The van der Waals surface area contributed by atoms with Crippen LogP contribution in [0.4, 0.5) is 0 Å². The molecule has 1 N–H and O–H groups in total. The van der Waals surface area contributed by atoms with Crippen molar-refractivity contribution in [2.24, 2.45) is 11.8 Å². The molecule has 43 heavy (non-hydrogen) atoms. The molecule has 6 aliphatic rings. The van der Waals surface area contributed by atoms with E-state index in [1.165, 1.54) is 45.1 Å². The van der Waals surface area contributed by atoms with Crippen LogP contribution < -0.4 is 5.32 Å². The van der Waals surface area contributed by atoms with E-state index in [0.29, 0.717) is 31.8 Å². The predicted molar refractivity (Wildman–Crippen MR) is 169 cm³/mol. The molecule has 244 valence electrons. The predicted octanol–water partition coefficient (Wildman–Crippen LogP) is 2.40. The minimum atomic E-state index is -0.273. The highest BCUT2D eigenvalue weighted by atomic mass is 35.5. The number of carbonyl (C=O) groups is 4. The average molecular weight is 623 g/mol. The van der Waals surface area contributed by atoms with Gasteiger partial charge in [0.05, 0.1) is 11.8 Å². The lowest BCUT2D eigenvalue weighted by atomic mass is 9.91. The molecule has 0 aromatic rings. The first-order valence-electron chi connectivity index (χ1n) is 17.0. The van der Waals surface area contributed by atoms with Crippen LogP contribution in [0.5, 0.6) is 0 Å². The molecule has 0 spiro atoms. The normalized spacial score (nSPS) is 24.4. The van der Waals surface area contributed by atoms with Crippen LogP contribution in [-0.4, -0.2) is 138 Å². The van der Waals surface area contributed by atoms with Crippen LogP contribution in [0.25, 0.3) is 0 Å². The summed E-state index contributed by atoms with van der Waals surface area (Å²) in [7, 11) is 0. The zero-order valence-corrected chi connectivity index (χ0v) is 27.4. The highest BCUT2D eigenvalue weighted by Gasteiger charge is 2.38. The molecule has 2 aliphatic carbocycles. The fraction of sp³-hybridized carbons (Fsp3) is 0.875. The van der Waals surface area contributed by atoms with Crippen LogP contribution in [0.2, 0.25) is 0 Å². The van der Waals surface area contributed by atoms with E-state index in [-0.39, 0.29) is 28.9 Å². The van der Waals surface area contributed by atoms with Crippen molar-refractivity contribution in [1.29, 1.82) is 0 Å². The largest absolute Gasteiger partial charge is 0.341 e. The first kappa shape index (κ1) is 34.1. The Balaban J connectivity index is 0.000000173. The first-order chi connectivity index (χ1) is 20.8. The number of hydrogen-bond donors (Lipinski definition) is 1. The third kappa shape index (κ3) is 9.62. The average Bonchev–Trinajstić information content (AvgIpc) is 3.27. The summed E-state index contributed by atoms with van der Waals surface area (Å²) >= 11 is 4.82. The fourth-order valence-electron chi connectivity index (χ4n) is 6.59. The molecule has 6 fully saturated rings. The van der Waals surface area contributed by atoms with E-state index in [9.17, 15) is 19.2 Å². The van der Waals surface area contributed by atoms with Crippen molar-refractivity contribution >= 4 is 34.6 Å². The van der Waals surface area contributed by atoms with Gasteiger partial charge in [0, 0.05) is 103 Å². The zero-order chi connectivity index (χ0) is 30.8. The third-order valence-electron chi connectivity index (χ3n) is 10.2. The number of carbonyl (C=O) groups excluding carboxylic acids is 4. The smallest absolute Gasteiger partial charge is 0.229 e. The molecule has 0 bridgehead atoms. The second kappa shape index (κ2) is 17.1. The SMILES string of the molecule is CCC(=O)Cl.CCC(=O)N1CC(C(=O)N2CCCN(C3CCC3)CC2)C1.O=C(C1CNC1)N1CCCN(C2CCC2)CC1. The van der Waals surface area contributed by atoms with E-state index in [2.05, 4.69) is 20.0 Å². The van der Waals surface area contributed by atoms with Gasteiger partial charge >= 0.3 is 0 Å². The van der Waals surface area contributed by atoms with Gasteiger partial charge in [-0.3, -0.25) is 29.0 Å². The molecule has 0 aromatic heterocycles. The quantitative estimate of drug-likeness (QED) is 0.455. The van der Waals surface area contributed by atoms with Crippen LogP contribution in [0.15, 0.2) is 0 Å². The number of amides is 3. The molecule has 3 amide bonds. The van der Waals surface area contributed by atoms with Gasteiger partial charge in [0.25, 0.3) is 0 Å². The molecule has 11 heteroatoms. The molecule has 4 aliphatic heterocycles. The van der Waals surface area contributed by atoms with Gasteiger partial charge in [-0.25, -0.2) is 0 Å². The number of hydrogen-bond acceptors (Lipinski definition) is 7. The van der Waals surface area contributed by atoms with Crippen molar-refractivity contribution < 1.29 is 19.2 Å². The summed E-state index contributed by atoms with van der Waals surface area (Å²) in [5, 5.41) is 2.91. The standard InChI is InChI=1S/C16H27N3O2.C13H23N3O.C3H5ClO/c1-2-15(20)19-11-13(12-19)16(21)18-8-4-7-17(9-10-18)14-5-3-6-14;17-13(11-9-14-10-11)16-6-2-5-15(7-8-16)12-3-1-4-12;1-2-3(4)5/h13-14H,2-12H2,1H3;11-12,14H,1-10H2;2H2,1H3. The molecule has 4 heterocycles. The lowest BCUT2D eigenvalue weighted by Gasteiger charge is -2.40. The minimum Gasteiger partial charge on any atom is -0.341 e. The molecule has 0 aromatic carbocycles. The summed E-state index contributed by atoms with van der Waals surface area (Å²) in [5.74, 6) is 1.15. The fourth-order valence-corrected chi connectivity index (χ4v) is 6.59. The molecule has 0 atom stereocenters. The van der Waals surface area contributed by atoms with Crippen molar-refractivity contribution in [2.75, 3.05) is 78.5 Å². The van der Waals surface area contributed by atoms with Crippen molar-refractivity contribution in [3.8, 4) is 0 Å². The van der Waals surface area contributed by atoms with Crippen LogP contribution in [0.1, 0.15) is 78.1 Å². The number of nitrogens with one attached hydrogen (secondary N) is 1. The topological polar surface area (TPSA) is 96.5 Å². The second-order valence-electron chi connectivity index (χ2n) is 13.0. The van der Waals surface area contributed by atoms with Crippen LogP contribution in [0, 0.1) is 11.8 Å². The number of likely N-dealkylation sites (tertiary alicyclic amines) is 1. The van der Waals surface area contributed by atoms with E-state index >= 15 is 0 Å². The van der Waals surface area contributed by atoms with Gasteiger partial charge in [-0.05, 0) is 50.1 Å².